The fraction of sp³-hybridized carbons (Fsp3) is 0.409. The molecule has 2 aromatic heterocycles. The summed E-state index contributed by atoms with van der Waals surface area (Å²) in [6.07, 6.45) is 8.19. The van der Waals surface area contributed by atoms with Gasteiger partial charge in [0, 0.05) is 18.0 Å². The first kappa shape index (κ1) is 19.8. The third kappa shape index (κ3) is 4.40. The second-order valence-corrected chi connectivity index (χ2v) is 8.33. The Balaban J connectivity index is 1.46. The Morgan fingerprint density at radius 1 is 1.28 bits per heavy atom. The molecule has 0 saturated carbocycles. The lowest BCUT2D eigenvalue weighted by Gasteiger charge is -2.13. The Morgan fingerprint density at radius 3 is 2.97 bits per heavy atom. The van der Waals surface area contributed by atoms with Gasteiger partial charge >= 0.3 is 0 Å². The van der Waals surface area contributed by atoms with E-state index in [9.17, 15) is 4.79 Å². The first-order chi connectivity index (χ1) is 14.2. The van der Waals surface area contributed by atoms with E-state index in [1.54, 1.807) is 7.11 Å². The van der Waals surface area contributed by atoms with Crippen LogP contribution in [-0.4, -0.2) is 39.9 Å². The van der Waals surface area contributed by atoms with Crippen molar-refractivity contribution in [3.8, 4) is 5.75 Å². The first-order valence-corrected chi connectivity index (χ1v) is 11.0. The first-order valence-electron chi connectivity index (χ1n) is 10.1. The fourth-order valence-electron chi connectivity index (χ4n) is 3.80. The van der Waals surface area contributed by atoms with Gasteiger partial charge in [0.15, 0.2) is 10.8 Å². The van der Waals surface area contributed by atoms with Crippen LogP contribution in [0.5, 0.6) is 5.75 Å². The summed E-state index contributed by atoms with van der Waals surface area (Å²) in [7, 11) is 1.66. The van der Waals surface area contributed by atoms with Crippen molar-refractivity contribution in [3.63, 3.8) is 0 Å². The molecule has 6 nitrogen and oxygen atoms in total. The van der Waals surface area contributed by atoms with Crippen LogP contribution in [0.1, 0.15) is 37.7 Å². The Hall–Kier alpha value is -2.54. The SMILES string of the molecule is COc1ccc2c(C)cc3nnc(SCC(=O)NCCC4=CCCCC4)n3c2c1. The molecule has 29 heavy (non-hydrogen) atoms. The maximum Gasteiger partial charge on any atom is 0.230 e. The van der Waals surface area contributed by atoms with Gasteiger partial charge in [-0.1, -0.05) is 23.4 Å². The van der Waals surface area contributed by atoms with Crippen molar-refractivity contribution < 1.29 is 9.53 Å². The Bertz CT molecular complexity index is 1070. The van der Waals surface area contributed by atoms with Crippen molar-refractivity contribution in [2.75, 3.05) is 19.4 Å². The summed E-state index contributed by atoms with van der Waals surface area (Å²) in [5.41, 5.74) is 4.36. The number of fused-ring (bicyclic) bond motifs is 3. The molecule has 1 amide bonds. The Labute approximate surface area is 174 Å². The lowest BCUT2D eigenvalue weighted by Crippen LogP contribution is -2.26. The van der Waals surface area contributed by atoms with E-state index in [0.717, 1.165) is 34.3 Å². The predicted molar refractivity (Wildman–Crippen MR) is 117 cm³/mol. The van der Waals surface area contributed by atoms with E-state index in [1.807, 2.05) is 28.7 Å². The number of allylic oxidation sites excluding steroid dienone is 1. The van der Waals surface area contributed by atoms with Gasteiger partial charge < -0.3 is 10.1 Å². The number of carbonyl (C=O) groups is 1. The van der Waals surface area contributed by atoms with Gasteiger partial charge in [0.2, 0.25) is 5.91 Å². The zero-order valence-corrected chi connectivity index (χ0v) is 17.7. The minimum Gasteiger partial charge on any atom is -0.497 e. The minimum absolute atomic E-state index is 0.0251. The normalized spacial score (nSPS) is 14.2. The van der Waals surface area contributed by atoms with Crippen molar-refractivity contribution in [3.05, 3.63) is 41.5 Å². The molecule has 1 aliphatic carbocycles. The highest BCUT2D eigenvalue weighted by atomic mass is 32.2. The number of nitrogens with one attached hydrogen (secondary N) is 1. The maximum atomic E-state index is 12.3. The molecule has 0 atom stereocenters. The number of carbonyl (C=O) groups excluding carboxylic acids is 1. The van der Waals surface area contributed by atoms with Gasteiger partial charge in [-0.25, -0.2) is 0 Å². The lowest BCUT2D eigenvalue weighted by molar-refractivity contribution is -0.118. The molecule has 0 fully saturated rings. The number of hydrogen-bond acceptors (Lipinski definition) is 5. The second kappa shape index (κ2) is 8.86. The average Bonchev–Trinajstić information content (AvgIpc) is 3.15. The van der Waals surface area contributed by atoms with Gasteiger partial charge in [0.25, 0.3) is 0 Å². The standard InChI is InChI=1S/C22H26N4O2S/c1-15-12-20-24-25-22(26(20)19-13-17(28-2)8-9-18(15)19)29-14-21(27)23-11-10-16-6-4-3-5-7-16/h6,8-9,12-13H,3-5,7,10-11,14H2,1-2H3,(H,23,27). The molecule has 3 aromatic rings. The number of pyridine rings is 1. The molecule has 152 valence electrons. The summed E-state index contributed by atoms with van der Waals surface area (Å²) in [6.45, 7) is 2.76. The zero-order chi connectivity index (χ0) is 20.2. The number of aryl methyl sites for hydroxylation is 1. The number of hydrogen-bond donors (Lipinski definition) is 1. The molecule has 0 spiro atoms. The monoisotopic (exact) mass is 410 g/mol. The van der Waals surface area contributed by atoms with Crippen molar-refractivity contribution in [2.24, 2.45) is 0 Å². The Morgan fingerprint density at radius 2 is 2.17 bits per heavy atom. The molecule has 0 saturated heterocycles. The van der Waals surface area contributed by atoms with Crippen molar-refractivity contribution in [1.29, 1.82) is 0 Å². The molecule has 0 radical (unpaired) electrons. The maximum absolute atomic E-state index is 12.3. The van der Waals surface area contributed by atoms with E-state index >= 15 is 0 Å². The van der Waals surface area contributed by atoms with Gasteiger partial charge in [-0.05, 0) is 62.8 Å². The van der Waals surface area contributed by atoms with Crippen LogP contribution < -0.4 is 10.1 Å². The second-order valence-electron chi connectivity index (χ2n) is 7.38. The number of amides is 1. The number of nitrogens with zero attached hydrogens (tertiary/aromatic N) is 3. The fourth-order valence-corrected chi connectivity index (χ4v) is 4.58. The highest BCUT2D eigenvalue weighted by Crippen LogP contribution is 2.28. The van der Waals surface area contributed by atoms with Gasteiger partial charge in [0.05, 0.1) is 18.4 Å². The van der Waals surface area contributed by atoms with Crippen LogP contribution >= 0.6 is 11.8 Å². The van der Waals surface area contributed by atoms with Gasteiger partial charge in [-0.3, -0.25) is 9.20 Å². The smallest absolute Gasteiger partial charge is 0.230 e. The zero-order valence-electron chi connectivity index (χ0n) is 16.9. The summed E-state index contributed by atoms with van der Waals surface area (Å²) < 4.78 is 7.39. The van der Waals surface area contributed by atoms with Crippen LogP contribution in [0.2, 0.25) is 0 Å². The van der Waals surface area contributed by atoms with Crippen LogP contribution in [0.3, 0.4) is 0 Å². The van der Waals surface area contributed by atoms with Crippen molar-refractivity contribution in [2.45, 2.75) is 44.2 Å². The molecule has 0 bridgehead atoms. The minimum atomic E-state index is 0.0251. The highest BCUT2D eigenvalue weighted by molar-refractivity contribution is 7.99. The van der Waals surface area contributed by atoms with E-state index in [-0.39, 0.29) is 5.91 Å². The summed E-state index contributed by atoms with van der Waals surface area (Å²) in [5.74, 6) is 1.13. The summed E-state index contributed by atoms with van der Waals surface area (Å²) in [5, 5.41) is 13.5. The Kier molecular flexibility index (Phi) is 6.04. The summed E-state index contributed by atoms with van der Waals surface area (Å²) in [6, 6.07) is 8.00. The topological polar surface area (TPSA) is 68.5 Å². The van der Waals surface area contributed by atoms with Gasteiger partial charge in [0.1, 0.15) is 5.75 Å². The molecule has 7 heteroatoms. The van der Waals surface area contributed by atoms with Crippen LogP contribution in [0.15, 0.2) is 41.1 Å². The molecule has 0 unspecified atom stereocenters. The lowest BCUT2D eigenvalue weighted by atomic mass is 9.97. The third-order valence-corrected chi connectivity index (χ3v) is 6.29. The molecule has 0 aliphatic heterocycles. The molecule has 2 heterocycles. The molecule has 1 N–H and O–H groups in total. The number of benzene rings is 1. The predicted octanol–water partition coefficient (Wildman–Crippen LogP) is 4.30. The van der Waals surface area contributed by atoms with Crippen molar-refractivity contribution in [1.82, 2.24) is 19.9 Å². The summed E-state index contributed by atoms with van der Waals surface area (Å²) in [4.78, 5) is 12.3. The molecule has 1 aromatic carbocycles. The van der Waals surface area contributed by atoms with E-state index in [2.05, 4.69) is 28.5 Å². The number of aromatic nitrogens is 3. The van der Waals surface area contributed by atoms with Gasteiger partial charge in [-0.15, -0.1) is 10.2 Å². The van der Waals surface area contributed by atoms with Crippen molar-refractivity contribution >= 4 is 34.2 Å². The van der Waals surface area contributed by atoms with Crippen LogP contribution in [-0.2, 0) is 4.79 Å². The molecular weight excluding hydrogens is 384 g/mol. The number of rotatable bonds is 7. The summed E-state index contributed by atoms with van der Waals surface area (Å²) >= 11 is 1.41. The van der Waals surface area contributed by atoms with E-state index in [1.165, 1.54) is 43.0 Å². The van der Waals surface area contributed by atoms with E-state index in [4.69, 9.17) is 4.74 Å². The van der Waals surface area contributed by atoms with Crippen LogP contribution in [0, 0.1) is 6.92 Å². The third-order valence-electron chi connectivity index (χ3n) is 5.36. The average molecular weight is 411 g/mol. The van der Waals surface area contributed by atoms with Gasteiger partial charge in [-0.2, -0.15) is 0 Å². The van der Waals surface area contributed by atoms with E-state index < -0.39 is 0 Å². The highest BCUT2D eigenvalue weighted by Gasteiger charge is 2.14. The quantitative estimate of drug-likeness (QED) is 0.465. The molecular formula is C22H26N4O2S. The molecule has 1 aliphatic rings. The molecule has 4 rings (SSSR count). The number of ether oxygens (including phenoxy) is 1. The largest absolute Gasteiger partial charge is 0.497 e. The number of thioether (sulfide) groups is 1. The van der Waals surface area contributed by atoms with Crippen LogP contribution in [0.4, 0.5) is 0 Å². The van der Waals surface area contributed by atoms with E-state index in [0.29, 0.717) is 17.5 Å². The number of methoxy groups -OCH3 is 1. The van der Waals surface area contributed by atoms with Crippen LogP contribution in [0.25, 0.3) is 16.6 Å².